The summed E-state index contributed by atoms with van der Waals surface area (Å²) < 4.78 is 2.03. The average Bonchev–Trinajstić information content (AvgIpc) is 2.46. The molecule has 0 amide bonds. The molecule has 0 saturated carbocycles. The molecule has 0 atom stereocenters. The van der Waals surface area contributed by atoms with E-state index in [9.17, 15) is 0 Å². The fourth-order valence-corrected chi connectivity index (χ4v) is 2.03. The molecule has 0 radical (unpaired) electrons. The second kappa shape index (κ2) is 3.50. The van der Waals surface area contributed by atoms with Crippen LogP contribution in [0.5, 0.6) is 0 Å². The lowest BCUT2D eigenvalue weighted by atomic mass is 10.0. The second-order valence-electron chi connectivity index (χ2n) is 3.67. The third-order valence-corrected chi connectivity index (χ3v) is 2.69. The molecule has 1 aromatic rings. The maximum Gasteiger partial charge on any atom is 0.0660 e. The van der Waals surface area contributed by atoms with Crippen molar-refractivity contribution < 1.29 is 0 Å². The topological polar surface area (TPSA) is 29.9 Å². The smallest absolute Gasteiger partial charge is 0.0660 e. The Balaban J connectivity index is 2.36. The zero-order valence-electron chi connectivity index (χ0n) is 8.43. The Bertz CT molecular complexity index is 301. The van der Waals surface area contributed by atoms with Crippen LogP contribution in [0.4, 0.5) is 0 Å². The van der Waals surface area contributed by atoms with Crippen molar-refractivity contribution >= 4 is 0 Å². The number of nitrogens with one attached hydrogen (secondary N) is 1. The van der Waals surface area contributed by atoms with E-state index < -0.39 is 0 Å². The van der Waals surface area contributed by atoms with Crippen molar-refractivity contribution in [1.29, 1.82) is 0 Å². The van der Waals surface area contributed by atoms with Gasteiger partial charge in [0.25, 0.3) is 0 Å². The Labute approximate surface area is 79.1 Å². The Morgan fingerprint density at radius 1 is 1.54 bits per heavy atom. The van der Waals surface area contributed by atoms with Gasteiger partial charge in [-0.25, -0.2) is 0 Å². The molecule has 0 fully saturated rings. The Kier molecular flexibility index (Phi) is 2.36. The Hall–Kier alpha value is -0.830. The first kappa shape index (κ1) is 8.75. The van der Waals surface area contributed by atoms with Crippen LogP contribution >= 0.6 is 0 Å². The number of nitrogens with zero attached hydrogens (tertiary/aromatic N) is 2. The highest BCUT2D eigenvalue weighted by atomic mass is 15.3. The molecule has 3 nitrogen and oxygen atoms in total. The van der Waals surface area contributed by atoms with E-state index in [0.717, 1.165) is 25.9 Å². The second-order valence-corrected chi connectivity index (χ2v) is 3.67. The van der Waals surface area contributed by atoms with Crippen LogP contribution in [0.15, 0.2) is 0 Å². The lowest BCUT2D eigenvalue weighted by Gasteiger charge is -2.14. The quantitative estimate of drug-likeness (QED) is 0.734. The Morgan fingerprint density at radius 3 is 3.15 bits per heavy atom. The molecule has 1 aromatic heterocycles. The number of hydrogen-bond acceptors (Lipinski definition) is 2. The van der Waals surface area contributed by atoms with Crippen LogP contribution in [0.25, 0.3) is 0 Å². The summed E-state index contributed by atoms with van der Waals surface area (Å²) >= 11 is 0. The third-order valence-electron chi connectivity index (χ3n) is 2.69. The normalized spacial score (nSPS) is 15.8. The summed E-state index contributed by atoms with van der Waals surface area (Å²) in [5.41, 5.74) is 4.21. The molecule has 0 unspecified atom stereocenters. The van der Waals surface area contributed by atoms with Crippen molar-refractivity contribution in [3.8, 4) is 0 Å². The monoisotopic (exact) mass is 179 g/mol. The lowest BCUT2D eigenvalue weighted by Crippen LogP contribution is -2.25. The zero-order chi connectivity index (χ0) is 9.26. The lowest BCUT2D eigenvalue weighted by molar-refractivity contribution is 0.593. The van der Waals surface area contributed by atoms with E-state index >= 15 is 0 Å². The molecule has 0 spiro atoms. The van der Waals surface area contributed by atoms with Crippen LogP contribution in [-0.2, 0) is 26.4 Å². The van der Waals surface area contributed by atoms with Crippen LogP contribution < -0.4 is 5.32 Å². The third kappa shape index (κ3) is 1.48. The maximum absolute atomic E-state index is 4.56. The highest BCUT2D eigenvalue weighted by Crippen LogP contribution is 2.18. The highest BCUT2D eigenvalue weighted by Gasteiger charge is 2.17. The number of rotatable bonds is 2. The molecule has 0 bridgehead atoms. The first-order chi connectivity index (χ1) is 6.33. The molecule has 72 valence electrons. The van der Waals surface area contributed by atoms with Gasteiger partial charge in [0.15, 0.2) is 0 Å². The van der Waals surface area contributed by atoms with E-state index in [1.165, 1.54) is 23.4 Å². The summed E-state index contributed by atoms with van der Waals surface area (Å²) in [6.07, 6.45) is 3.47. The predicted molar refractivity (Wildman–Crippen MR) is 52.6 cm³/mol. The van der Waals surface area contributed by atoms with Crippen molar-refractivity contribution in [2.45, 2.75) is 32.7 Å². The SMILES string of the molecule is CCCc1nn(C)c2c1CCNC2. The van der Waals surface area contributed by atoms with Crippen molar-refractivity contribution in [2.24, 2.45) is 7.05 Å². The van der Waals surface area contributed by atoms with Gasteiger partial charge in [0, 0.05) is 13.6 Å². The van der Waals surface area contributed by atoms with Gasteiger partial charge in [0.2, 0.25) is 0 Å². The van der Waals surface area contributed by atoms with Gasteiger partial charge in [-0.15, -0.1) is 0 Å². The fourth-order valence-electron chi connectivity index (χ4n) is 2.03. The van der Waals surface area contributed by atoms with Crippen LogP contribution in [0.2, 0.25) is 0 Å². The minimum Gasteiger partial charge on any atom is -0.311 e. The number of fused-ring (bicyclic) bond motifs is 1. The fraction of sp³-hybridized carbons (Fsp3) is 0.700. The van der Waals surface area contributed by atoms with E-state index in [1.807, 2.05) is 11.7 Å². The summed E-state index contributed by atoms with van der Waals surface area (Å²) in [6, 6.07) is 0. The minimum atomic E-state index is 0.989. The Morgan fingerprint density at radius 2 is 2.38 bits per heavy atom. The first-order valence-corrected chi connectivity index (χ1v) is 5.07. The summed E-state index contributed by atoms with van der Waals surface area (Å²) in [5.74, 6) is 0. The van der Waals surface area contributed by atoms with Gasteiger partial charge in [0.05, 0.1) is 11.4 Å². The van der Waals surface area contributed by atoms with Gasteiger partial charge in [0.1, 0.15) is 0 Å². The van der Waals surface area contributed by atoms with Crippen LogP contribution in [0.1, 0.15) is 30.3 Å². The van der Waals surface area contributed by atoms with E-state index in [1.54, 1.807) is 0 Å². The molecule has 2 rings (SSSR count). The van der Waals surface area contributed by atoms with Crippen LogP contribution in [-0.4, -0.2) is 16.3 Å². The zero-order valence-corrected chi connectivity index (χ0v) is 8.43. The summed E-state index contributed by atoms with van der Waals surface area (Å²) in [5, 5.41) is 7.94. The molecular weight excluding hydrogens is 162 g/mol. The van der Waals surface area contributed by atoms with Gasteiger partial charge in [-0.05, 0) is 24.9 Å². The minimum absolute atomic E-state index is 0.989. The van der Waals surface area contributed by atoms with E-state index in [2.05, 4.69) is 17.3 Å². The van der Waals surface area contributed by atoms with Gasteiger partial charge in [-0.2, -0.15) is 5.10 Å². The summed E-state index contributed by atoms with van der Waals surface area (Å²) in [4.78, 5) is 0. The molecule has 0 aliphatic carbocycles. The predicted octanol–water partition coefficient (Wildman–Crippen LogP) is 1.02. The first-order valence-electron chi connectivity index (χ1n) is 5.07. The van der Waals surface area contributed by atoms with E-state index in [4.69, 9.17) is 0 Å². The van der Waals surface area contributed by atoms with E-state index in [-0.39, 0.29) is 0 Å². The number of aryl methyl sites for hydroxylation is 2. The molecule has 0 aromatic carbocycles. The van der Waals surface area contributed by atoms with Crippen LogP contribution in [0, 0.1) is 0 Å². The van der Waals surface area contributed by atoms with E-state index in [0.29, 0.717) is 0 Å². The summed E-state index contributed by atoms with van der Waals surface area (Å²) in [7, 11) is 2.05. The molecule has 1 N–H and O–H groups in total. The molecule has 2 heterocycles. The van der Waals surface area contributed by atoms with Crippen molar-refractivity contribution in [2.75, 3.05) is 6.54 Å². The molecule has 1 aliphatic heterocycles. The summed E-state index contributed by atoms with van der Waals surface area (Å²) in [6.45, 7) is 4.31. The molecule has 3 heteroatoms. The highest BCUT2D eigenvalue weighted by molar-refractivity contribution is 5.28. The number of hydrogen-bond donors (Lipinski definition) is 1. The van der Waals surface area contributed by atoms with Crippen molar-refractivity contribution in [3.63, 3.8) is 0 Å². The van der Waals surface area contributed by atoms with Crippen molar-refractivity contribution in [3.05, 3.63) is 17.0 Å². The maximum atomic E-state index is 4.56. The number of aromatic nitrogens is 2. The largest absolute Gasteiger partial charge is 0.311 e. The van der Waals surface area contributed by atoms with Crippen molar-refractivity contribution in [1.82, 2.24) is 15.1 Å². The van der Waals surface area contributed by atoms with Gasteiger partial charge in [-0.1, -0.05) is 13.3 Å². The standard InChI is InChI=1S/C10H17N3/c1-3-4-9-8-5-6-11-7-10(8)13(2)12-9/h11H,3-7H2,1-2H3. The van der Waals surface area contributed by atoms with Gasteiger partial charge < -0.3 is 5.32 Å². The van der Waals surface area contributed by atoms with Crippen LogP contribution in [0.3, 0.4) is 0 Å². The average molecular weight is 179 g/mol. The van der Waals surface area contributed by atoms with Gasteiger partial charge >= 0.3 is 0 Å². The molecule has 0 saturated heterocycles. The molecular formula is C10H17N3. The molecule has 13 heavy (non-hydrogen) atoms. The molecule has 1 aliphatic rings. The van der Waals surface area contributed by atoms with Gasteiger partial charge in [-0.3, -0.25) is 4.68 Å².